The molecule has 0 bridgehead atoms. The summed E-state index contributed by atoms with van der Waals surface area (Å²) in [6.45, 7) is 3.68. The van der Waals surface area contributed by atoms with Crippen molar-refractivity contribution in [1.29, 1.82) is 0 Å². The highest BCUT2D eigenvalue weighted by Gasteiger charge is 2.12. The summed E-state index contributed by atoms with van der Waals surface area (Å²) in [6.07, 6.45) is 1.49. The Morgan fingerprint density at radius 2 is 1.72 bits per heavy atom. The van der Waals surface area contributed by atoms with Crippen molar-refractivity contribution >= 4 is 48.9 Å². The van der Waals surface area contributed by atoms with E-state index in [1.165, 1.54) is 17.4 Å². The Labute approximate surface area is 182 Å². The van der Waals surface area contributed by atoms with Gasteiger partial charge in [0.2, 0.25) is 10.0 Å². The van der Waals surface area contributed by atoms with Gasteiger partial charge < -0.3 is 5.32 Å². The molecule has 0 fully saturated rings. The molecule has 150 valence electrons. The van der Waals surface area contributed by atoms with E-state index in [-0.39, 0.29) is 18.2 Å². The molecule has 1 heterocycles. The van der Waals surface area contributed by atoms with Crippen LogP contribution in [0.2, 0.25) is 0 Å². The van der Waals surface area contributed by atoms with Gasteiger partial charge in [0.15, 0.2) is 0 Å². The van der Waals surface area contributed by atoms with Crippen molar-refractivity contribution in [1.82, 2.24) is 4.72 Å². The molecule has 0 saturated carbocycles. The Hall–Kier alpha value is -2.26. The first-order valence-corrected chi connectivity index (χ1v) is 12.0. The van der Waals surface area contributed by atoms with Gasteiger partial charge in [0.25, 0.3) is 5.91 Å². The molecule has 2 aromatic carbocycles. The topological polar surface area (TPSA) is 75.3 Å². The first-order valence-electron chi connectivity index (χ1n) is 8.70. The van der Waals surface area contributed by atoms with Crippen LogP contribution in [0.25, 0.3) is 10.4 Å². The minimum absolute atomic E-state index is 0.128. The van der Waals surface area contributed by atoms with Crippen LogP contribution in [0.1, 0.15) is 15.2 Å². The highest BCUT2D eigenvalue weighted by molar-refractivity contribution is 9.10. The van der Waals surface area contributed by atoms with Crippen LogP contribution in [-0.4, -0.2) is 20.9 Å². The number of hydrogen-bond donors (Lipinski definition) is 2. The number of anilines is 1. The standard InChI is InChI=1S/C21H19BrN2O3S2/c1-2-13-23-29(26,27)14-15-3-9-18(10-4-15)24-21(25)20-12-11-19(28-20)16-5-7-17(22)8-6-16/h2-12,23H,1,13-14H2,(H,24,25). The molecule has 2 N–H and O–H groups in total. The quantitative estimate of drug-likeness (QED) is 0.434. The lowest BCUT2D eigenvalue weighted by Crippen LogP contribution is -2.25. The minimum atomic E-state index is -3.41. The Bertz CT molecular complexity index is 1110. The summed E-state index contributed by atoms with van der Waals surface area (Å²) < 4.78 is 27.3. The van der Waals surface area contributed by atoms with E-state index in [1.54, 1.807) is 30.3 Å². The Balaban J connectivity index is 1.64. The van der Waals surface area contributed by atoms with Crippen molar-refractivity contribution in [2.75, 3.05) is 11.9 Å². The molecule has 0 aliphatic rings. The summed E-state index contributed by atoms with van der Waals surface area (Å²) >= 11 is 4.83. The second-order valence-electron chi connectivity index (χ2n) is 6.22. The number of rotatable bonds is 8. The van der Waals surface area contributed by atoms with Crippen LogP contribution in [0.4, 0.5) is 5.69 Å². The Kier molecular flexibility index (Phi) is 7.02. The largest absolute Gasteiger partial charge is 0.321 e. The lowest BCUT2D eigenvalue weighted by Gasteiger charge is -2.07. The zero-order chi connectivity index (χ0) is 20.9. The molecule has 1 aromatic heterocycles. The monoisotopic (exact) mass is 490 g/mol. The van der Waals surface area contributed by atoms with Gasteiger partial charge in [-0.25, -0.2) is 13.1 Å². The second kappa shape index (κ2) is 9.49. The number of carbonyl (C=O) groups is 1. The van der Waals surface area contributed by atoms with Gasteiger partial charge in [0.05, 0.1) is 10.6 Å². The zero-order valence-corrected chi connectivity index (χ0v) is 18.6. The van der Waals surface area contributed by atoms with E-state index in [0.717, 1.165) is 14.9 Å². The van der Waals surface area contributed by atoms with E-state index in [0.29, 0.717) is 16.1 Å². The number of halogens is 1. The molecule has 0 saturated heterocycles. The summed E-state index contributed by atoms with van der Waals surface area (Å²) in [7, 11) is -3.41. The van der Waals surface area contributed by atoms with Gasteiger partial charge in [-0.2, -0.15) is 0 Å². The molecule has 29 heavy (non-hydrogen) atoms. The van der Waals surface area contributed by atoms with E-state index in [4.69, 9.17) is 0 Å². The molecule has 3 aromatic rings. The lowest BCUT2D eigenvalue weighted by atomic mass is 10.2. The van der Waals surface area contributed by atoms with Crippen LogP contribution in [0, 0.1) is 0 Å². The predicted octanol–water partition coefficient (Wildman–Crippen LogP) is 5.04. The van der Waals surface area contributed by atoms with Crippen LogP contribution in [0.3, 0.4) is 0 Å². The van der Waals surface area contributed by atoms with E-state index in [1.807, 2.05) is 30.3 Å². The van der Waals surface area contributed by atoms with E-state index in [2.05, 4.69) is 32.5 Å². The molecule has 0 spiro atoms. The fourth-order valence-corrected chi connectivity index (χ4v) is 4.84. The van der Waals surface area contributed by atoms with Crippen molar-refractivity contribution in [3.63, 3.8) is 0 Å². The number of sulfonamides is 1. The molecule has 5 nitrogen and oxygen atoms in total. The maximum atomic E-state index is 12.5. The molecular formula is C21H19BrN2O3S2. The molecule has 8 heteroatoms. The van der Waals surface area contributed by atoms with Crippen LogP contribution < -0.4 is 10.0 Å². The first kappa shape index (κ1) is 21.4. The van der Waals surface area contributed by atoms with E-state index in [9.17, 15) is 13.2 Å². The fourth-order valence-electron chi connectivity index (χ4n) is 2.56. The summed E-state index contributed by atoms with van der Waals surface area (Å²) in [5.41, 5.74) is 2.29. The van der Waals surface area contributed by atoms with Crippen LogP contribution in [0.5, 0.6) is 0 Å². The molecule has 1 amide bonds. The summed E-state index contributed by atoms with van der Waals surface area (Å²) in [5, 5.41) is 2.84. The average molecular weight is 491 g/mol. The van der Waals surface area contributed by atoms with Crippen LogP contribution in [0.15, 0.2) is 77.8 Å². The summed E-state index contributed by atoms with van der Waals surface area (Å²) in [6, 6.07) is 18.4. The second-order valence-corrected chi connectivity index (χ2v) is 10.0. The Morgan fingerprint density at radius 1 is 1.03 bits per heavy atom. The Morgan fingerprint density at radius 3 is 2.38 bits per heavy atom. The first-order chi connectivity index (χ1) is 13.9. The van der Waals surface area contributed by atoms with Gasteiger partial charge in [-0.1, -0.05) is 46.3 Å². The van der Waals surface area contributed by atoms with Gasteiger partial charge in [0.1, 0.15) is 0 Å². The van der Waals surface area contributed by atoms with Gasteiger partial charge in [-0.05, 0) is 47.5 Å². The van der Waals surface area contributed by atoms with Crippen molar-refractivity contribution in [2.24, 2.45) is 0 Å². The van der Waals surface area contributed by atoms with Crippen molar-refractivity contribution < 1.29 is 13.2 Å². The number of nitrogens with one attached hydrogen (secondary N) is 2. The number of benzene rings is 2. The number of hydrogen-bond acceptors (Lipinski definition) is 4. The van der Waals surface area contributed by atoms with Gasteiger partial charge in [-0.3, -0.25) is 4.79 Å². The van der Waals surface area contributed by atoms with Crippen molar-refractivity contribution in [2.45, 2.75) is 5.75 Å². The normalized spacial score (nSPS) is 11.2. The minimum Gasteiger partial charge on any atom is -0.321 e. The third kappa shape index (κ3) is 6.11. The third-order valence-corrected chi connectivity index (χ3v) is 6.96. The number of thiophene rings is 1. The van der Waals surface area contributed by atoms with Crippen LogP contribution in [-0.2, 0) is 15.8 Å². The third-order valence-electron chi connectivity index (χ3n) is 3.97. The highest BCUT2D eigenvalue weighted by Crippen LogP contribution is 2.29. The maximum Gasteiger partial charge on any atom is 0.265 e. The van der Waals surface area contributed by atoms with Crippen molar-refractivity contribution in [3.05, 3.63) is 88.2 Å². The van der Waals surface area contributed by atoms with Gasteiger partial charge in [-0.15, -0.1) is 17.9 Å². The molecular weight excluding hydrogens is 472 g/mol. The molecule has 0 aliphatic carbocycles. The molecule has 0 unspecified atom stereocenters. The molecule has 0 aliphatic heterocycles. The molecule has 0 radical (unpaired) electrons. The molecule has 3 rings (SSSR count). The summed E-state index contributed by atoms with van der Waals surface area (Å²) in [4.78, 5) is 14.1. The van der Waals surface area contributed by atoms with E-state index >= 15 is 0 Å². The van der Waals surface area contributed by atoms with Gasteiger partial charge >= 0.3 is 0 Å². The average Bonchev–Trinajstić information content (AvgIpc) is 3.19. The van der Waals surface area contributed by atoms with Crippen LogP contribution >= 0.6 is 27.3 Å². The number of carbonyl (C=O) groups excluding carboxylic acids is 1. The number of amides is 1. The SMILES string of the molecule is C=CCNS(=O)(=O)Cc1ccc(NC(=O)c2ccc(-c3ccc(Br)cc3)s2)cc1. The highest BCUT2D eigenvalue weighted by atomic mass is 79.9. The van der Waals surface area contributed by atoms with Crippen molar-refractivity contribution in [3.8, 4) is 10.4 Å². The zero-order valence-electron chi connectivity index (χ0n) is 15.4. The molecule has 0 atom stereocenters. The maximum absolute atomic E-state index is 12.5. The smallest absolute Gasteiger partial charge is 0.265 e. The van der Waals surface area contributed by atoms with E-state index < -0.39 is 10.0 Å². The fraction of sp³-hybridized carbons (Fsp3) is 0.0952. The van der Waals surface area contributed by atoms with Gasteiger partial charge in [0, 0.05) is 21.6 Å². The predicted molar refractivity (Wildman–Crippen MR) is 123 cm³/mol. The lowest BCUT2D eigenvalue weighted by molar-refractivity contribution is 0.103. The summed E-state index contributed by atoms with van der Waals surface area (Å²) in [5.74, 6) is -0.331.